The highest BCUT2D eigenvalue weighted by Gasteiger charge is 2.21. The molecule has 23 heavy (non-hydrogen) atoms. The third-order valence-corrected chi connectivity index (χ3v) is 3.05. The zero-order chi connectivity index (χ0) is 17.0. The second kappa shape index (κ2) is 6.87. The summed E-state index contributed by atoms with van der Waals surface area (Å²) in [5, 5.41) is 11.8. The van der Waals surface area contributed by atoms with E-state index in [2.05, 4.69) is 5.32 Å². The van der Waals surface area contributed by atoms with Gasteiger partial charge in [0.15, 0.2) is 0 Å². The van der Waals surface area contributed by atoms with Gasteiger partial charge in [-0.1, -0.05) is 0 Å². The average Bonchev–Trinajstić information content (AvgIpc) is 2.91. The Kier molecular flexibility index (Phi) is 5.10. The number of hydrogen-bond donors (Lipinski definition) is 2. The molecule has 7 nitrogen and oxygen atoms in total. The molecule has 1 aromatic carbocycles. The van der Waals surface area contributed by atoms with Crippen LogP contribution in [0.4, 0.5) is 10.5 Å². The molecule has 0 radical (unpaired) electrons. The Bertz CT molecular complexity index is 587. The predicted molar refractivity (Wildman–Crippen MR) is 83.1 cm³/mol. The molecule has 1 aromatic rings. The van der Waals surface area contributed by atoms with Crippen molar-refractivity contribution in [3.8, 4) is 5.75 Å². The number of ether oxygens (including phenoxy) is 3. The van der Waals surface area contributed by atoms with Crippen molar-refractivity contribution in [2.24, 2.45) is 0 Å². The third kappa shape index (κ3) is 5.14. The normalized spacial score (nSPS) is 17.6. The highest BCUT2D eigenvalue weighted by Crippen LogP contribution is 2.25. The van der Waals surface area contributed by atoms with E-state index >= 15 is 0 Å². The Morgan fingerprint density at radius 3 is 2.65 bits per heavy atom. The van der Waals surface area contributed by atoms with Crippen molar-refractivity contribution < 1.29 is 28.9 Å². The summed E-state index contributed by atoms with van der Waals surface area (Å²) >= 11 is 0. The number of carbonyl (C=O) groups is 2. The van der Waals surface area contributed by atoms with Gasteiger partial charge in [0.1, 0.15) is 17.5 Å². The Hall–Kier alpha value is -2.28. The van der Waals surface area contributed by atoms with E-state index in [9.17, 15) is 14.7 Å². The number of benzene rings is 1. The maximum atomic E-state index is 11.8. The third-order valence-electron chi connectivity index (χ3n) is 3.05. The van der Waals surface area contributed by atoms with Crippen LogP contribution in [0, 0.1) is 0 Å². The van der Waals surface area contributed by atoms with E-state index in [4.69, 9.17) is 14.2 Å². The minimum absolute atomic E-state index is 0.0627. The summed E-state index contributed by atoms with van der Waals surface area (Å²) in [6.07, 6.45) is -0.0282. The molecular formula is C16H21NO6. The van der Waals surface area contributed by atoms with E-state index in [0.29, 0.717) is 19.0 Å². The summed E-state index contributed by atoms with van der Waals surface area (Å²) in [6.45, 7) is 6.30. The minimum atomic E-state index is -1.16. The van der Waals surface area contributed by atoms with Gasteiger partial charge in [-0.05, 0) is 39.0 Å². The fourth-order valence-corrected chi connectivity index (χ4v) is 2.09. The first kappa shape index (κ1) is 17.1. The van der Waals surface area contributed by atoms with Crippen molar-refractivity contribution in [2.75, 3.05) is 18.5 Å². The number of amides is 1. The quantitative estimate of drug-likeness (QED) is 0.885. The topological polar surface area (TPSA) is 94.1 Å². The van der Waals surface area contributed by atoms with Crippen molar-refractivity contribution in [3.63, 3.8) is 0 Å². The van der Waals surface area contributed by atoms with Gasteiger partial charge in [-0.15, -0.1) is 0 Å². The number of carboxylic acid groups (broad SMARTS) is 1. The molecule has 7 heteroatoms. The Morgan fingerprint density at radius 2 is 2.09 bits per heavy atom. The summed E-state index contributed by atoms with van der Waals surface area (Å²) in [4.78, 5) is 23.2. The second-order valence-corrected chi connectivity index (χ2v) is 6.24. The summed E-state index contributed by atoms with van der Waals surface area (Å²) < 4.78 is 16.0. The molecule has 1 saturated heterocycles. The van der Waals surface area contributed by atoms with Gasteiger partial charge in [-0.25, -0.2) is 9.59 Å². The van der Waals surface area contributed by atoms with Gasteiger partial charge in [0.05, 0.1) is 24.5 Å². The standard InChI is InChI=1S/C16H21NO6/c1-16(2,3)23-15(20)17-13-5-4-10(8-12(13)14(18)19)22-11-6-7-21-9-11/h4-5,8,11H,6-7,9H2,1-3H3,(H,17,20)(H,18,19). The zero-order valence-electron chi connectivity index (χ0n) is 13.4. The van der Waals surface area contributed by atoms with E-state index in [1.165, 1.54) is 12.1 Å². The number of carboxylic acids is 1. The maximum Gasteiger partial charge on any atom is 0.412 e. The van der Waals surface area contributed by atoms with Crippen LogP contribution in [0.1, 0.15) is 37.6 Å². The van der Waals surface area contributed by atoms with E-state index in [1.807, 2.05) is 0 Å². The molecular weight excluding hydrogens is 302 g/mol. The highest BCUT2D eigenvalue weighted by molar-refractivity contribution is 5.99. The monoisotopic (exact) mass is 323 g/mol. The van der Waals surface area contributed by atoms with Gasteiger partial charge in [-0.3, -0.25) is 5.32 Å². The first-order valence-electron chi connectivity index (χ1n) is 7.36. The fourth-order valence-electron chi connectivity index (χ4n) is 2.09. The molecule has 0 aromatic heterocycles. The van der Waals surface area contributed by atoms with Crippen molar-refractivity contribution >= 4 is 17.7 Å². The molecule has 0 saturated carbocycles. The molecule has 0 spiro atoms. The first-order chi connectivity index (χ1) is 10.7. The zero-order valence-corrected chi connectivity index (χ0v) is 13.4. The number of rotatable bonds is 4. The van der Waals surface area contributed by atoms with Crippen molar-refractivity contribution in [2.45, 2.75) is 38.9 Å². The van der Waals surface area contributed by atoms with Gasteiger partial charge in [-0.2, -0.15) is 0 Å². The number of anilines is 1. The number of nitrogens with one attached hydrogen (secondary N) is 1. The van der Waals surface area contributed by atoms with Gasteiger partial charge in [0.2, 0.25) is 0 Å². The SMILES string of the molecule is CC(C)(C)OC(=O)Nc1ccc(OC2CCOC2)cc1C(=O)O. The van der Waals surface area contributed by atoms with Crippen molar-refractivity contribution in [1.29, 1.82) is 0 Å². The van der Waals surface area contributed by atoms with Gasteiger partial charge in [0.25, 0.3) is 0 Å². The molecule has 1 unspecified atom stereocenters. The Balaban J connectivity index is 2.12. The Morgan fingerprint density at radius 1 is 1.35 bits per heavy atom. The number of hydrogen-bond acceptors (Lipinski definition) is 5. The van der Waals surface area contributed by atoms with E-state index in [-0.39, 0.29) is 17.4 Å². The van der Waals surface area contributed by atoms with Crippen LogP contribution >= 0.6 is 0 Å². The number of carbonyl (C=O) groups excluding carboxylic acids is 1. The predicted octanol–water partition coefficient (Wildman–Crippen LogP) is 2.90. The van der Waals surface area contributed by atoms with Crippen LogP contribution in [0.2, 0.25) is 0 Å². The molecule has 1 atom stereocenters. The lowest BCUT2D eigenvalue weighted by Crippen LogP contribution is -2.27. The van der Waals surface area contributed by atoms with Crippen LogP contribution in [0.15, 0.2) is 18.2 Å². The summed E-state index contributed by atoms with van der Waals surface area (Å²) in [7, 11) is 0. The Labute approximate surface area is 134 Å². The lowest BCUT2D eigenvalue weighted by molar-refractivity contribution is 0.0636. The number of aromatic carboxylic acids is 1. The van der Waals surface area contributed by atoms with E-state index in [0.717, 1.165) is 6.42 Å². The van der Waals surface area contributed by atoms with Crippen molar-refractivity contribution in [3.05, 3.63) is 23.8 Å². The van der Waals surface area contributed by atoms with Gasteiger partial charge in [0, 0.05) is 6.42 Å². The highest BCUT2D eigenvalue weighted by atomic mass is 16.6. The molecule has 2 N–H and O–H groups in total. The van der Waals surface area contributed by atoms with Crippen LogP contribution in [-0.4, -0.2) is 42.1 Å². The summed E-state index contributed by atoms with van der Waals surface area (Å²) in [5.41, 5.74) is -0.576. The fraction of sp³-hybridized carbons (Fsp3) is 0.500. The summed E-state index contributed by atoms with van der Waals surface area (Å²) in [6, 6.07) is 4.48. The molecule has 1 fully saturated rings. The van der Waals surface area contributed by atoms with Gasteiger partial charge >= 0.3 is 12.1 Å². The molecule has 1 aliphatic rings. The molecule has 2 rings (SSSR count). The van der Waals surface area contributed by atoms with Crippen LogP contribution in [0.25, 0.3) is 0 Å². The van der Waals surface area contributed by atoms with Crippen LogP contribution < -0.4 is 10.1 Å². The summed E-state index contributed by atoms with van der Waals surface area (Å²) in [5.74, 6) is -0.739. The maximum absolute atomic E-state index is 11.8. The van der Waals surface area contributed by atoms with Crippen molar-refractivity contribution in [1.82, 2.24) is 0 Å². The molecule has 1 heterocycles. The molecule has 126 valence electrons. The minimum Gasteiger partial charge on any atom is -0.488 e. The van der Waals surface area contributed by atoms with E-state index < -0.39 is 17.7 Å². The van der Waals surface area contributed by atoms with E-state index in [1.54, 1.807) is 26.8 Å². The second-order valence-electron chi connectivity index (χ2n) is 6.24. The first-order valence-corrected chi connectivity index (χ1v) is 7.36. The largest absolute Gasteiger partial charge is 0.488 e. The van der Waals surface area contributed by atoms with Crippen LogP contribution in [0.3, 0.4) is 0 Å². The molecule has 1 amide bonds. The smallest absolute Gasteiger partial charge is 0.412 e. The lowest BCUT2D eigenvalue weighted by atomic mass is 10.1. The van der Waals surface area contributed by atoms with Crippen LogP contribution in [0.5, 0.6) is 5.75 Å². The average molecular weight is 323 g/mol. The van der Waals surface area contributed by atoms with Gasteiger partial charge < -0.3 is 19.3 Å². The van der Waals surface area contributed by atoms with Crippen LogP contribution in [-0.2, 0) is 9.47 Å². The lowest BCUT2D eigenvalue weighted by Gasteiger charge is -2.20. The molecule has 0 aliphatic carbocycles. The molecule has 1 aliphatic heterocycles. The molecule has 0 bridgehead atoms.